The molecule has 0 spiro atoms. The summed E-state index contributed by atoms with van der Waals surface area (Å²) in [5.74, 6) is -0.340. The van der Waals surface area contributed by atoms with E-state index in [2.05, 4.69) is 12.2 Å². The van der Waals surface area contributed by atoms with Crippen LogP contribution in [0.25, 0.3) is 0 Å². The van der Waals surface area contributed by atoms with E-state index < -0.39 is 0 Å². The van der Waals surface area contributed by atoms with Crippen molar-refractivity contribution in [2.75, 3.05) is 17.6 Å². The van der Waals surface area contributed by atoms with Crippen LogP contribution in [0.15, 0.2) is 42.5 Å². The Bertz CT molecular complexity index is 842. The number of amides is 2. The van der Waals surface area contributed by atoms with E-state index in [9.17, 15) is 9.59 Å². The Morgan fingerprint density at radius 1 is 1.19 bits per heavy atom. The molecule has 2 aromatic rings. The van der Waals surface area contributed by atoms with Crippen LogP contribution in [0.4, 0.5) is 11.4 Å². The van der Waals surface area contributed by atoms with E-state index in [1.165, 1.54) is 0 Å². The molecule has 27 heavy (non-hydrogen) atoms. The number of nitrogens with zero attached hydrogens (tertiary/aromatic N) is 1. The molecule has 0 aromatic heterocycles. The molecule has 5 nitrogen and oxygen atoms in total. The Kier molecular flexibility index (Phi) is 7.11. The molecule has 2 amide bonds. The molecule has 0 aliphatic carbocycles. The van der Waals surface area contributed by atoms with Crippen molar-refractivity contribution in [3.05, 3.63) is 58.6 Å². The highest BCUT2D eigenvalue weighted by atomic mass is 35.5. The second kappa shape index (κ2) is 9.11. The van der Waals surface area contributed by atoms with Gasteiger partial charge in [-0.2, -0.15) is 0 Å². The molecule has 7 heteroatoms. The van der Waals surface area contributed by atoms with Crippen molar-refractivity contribution >= 4 is 47.2 Å². The number of halogens is 2. The Hall–Kier alpha value is -2.24. The van der Waals surface area contributed by atoms with Crippen LogP contribution < -0.4 is 11.1 Å². The van der Waals surface area contributed by atoms with Gasteiger partial charge in [-0.1, -0.05) is 17.7 Å². The fourth-order valence-electron chi connectivity index (χ4n) is 3.20. The van der Waals surface area contributed by atoms with Crippen LogP contribution in [0.2, 0.25) is 5.02 Å². The normalized spacial score (nSPS) is 16.4. The average Bonchev–Trinajstić information content (AvgIpc) is 2.62. The van der Waals surface area contributed by atoms with Gasteiger partial charge in [0, 0.05) is 29.5 Å². The summed E-state index contributed by atoms with van der Waals surface area (Å²) in [4.78, 5) is 26.9. The fraction of sp³-hybridized carbons (Fsp3) is 0.300. The number of carbonyl (C=O) groups excluding carboxylic acids is 2. The van der Waals surface area contributed by atoms with Gasteiger partial charge in [-0.05, 0) is 62.6 Å². The molecule has 1 fully saturated rings. The highest BCUT2D eigenvalue weighted by Crippen LogP contribution is 2.26. The monoisotopic (exact) mass is 407 g/mol. The first-order valence-corrected chi connectivity index (χ1v) is 9.11. The lowest BCUT2D eigenvalue weighted by atomic mass is 10.0. The predicted octanol–water partition coefficient (Wildman–Crippen LogP) is 4.61. The smallest absolute Gasteiger partial charge is 0.255 e. The molecule has 0 radical (unpaired) electrons. The van der Waals surface area contributed by atoms with Gasteiger partial charge in [0.2, 0.25) is 0 Å². The van der Waals surface area contributed by atoms with E-state index in [0.717, 1.165) is 25.8 Å². The molecular formula is C20H23Cl2N3O2. The standard InChI is InChI=1S/C20H22ClN3O2.ClH/c1-13-5-2-3-10-24(13)20(26)17-9-8-16(12-18(17)21)23-19(25)14-6-4-7-15(22)11-14;/h4,6-9,11-13H,2-3,5,10,22H2,1H3,(H,23,25);1H. The number of hydrogen-bond donors (Lipinski definition) is 2. The maximum atomic E-state index is 12.8. The van der Waals surface area contributed by atoms with E-state index in [1.54, 1.807) is 42.5 Å². The Morgan fingerprint density at radius 2 is 1.96 bits per heavy atom. The molecule has 1 aliphatic rings. The van der Waals surface area contributed by atoms with Gasteiger partial charge in [0.25, 0.3) is 11.8 Å². The Morgan fingerprint density at radius 3 is 2.63 bits per heavy atom. The SMILES string of the molecule is CC1CCCCN1C(=O)c1ccc(NC(=O)c2cccc(N)c2)cc1Cl.Cl. The van der Waals surface area contributed by atoms with Crippen molar-refractivity contribution in [1.29, 1.82) is 0 Å². The van der Waals surface area contributed by atoms with Crippen molar-refractivity contribution < 1.29 is 9.59 Å². The number of likely N-dealkylation sites (tertiary alicyclic amines) is 1. The van der Waals surface area contributed by atoms with Crippen LogP contribution in [-0.4, -0.2) is 29.3 Å². The zero-order valence-electron chi connectivity index (χ0n) is 15.1. The van der Waals surface area contributed by atoms with Gasteiger partial charge in [0.15, 0.2) is 0 Å². The maximum absolute atomic E-state index is 12.8. The molecule has 0 saturated carbocycles. The lowest BCUT2D eigenvalue weighted by Crippen LogP contribution is -2.42. The third-order valence-electron chi connectivity index (χ3n) is 4.67. The van der Waals surface area contributed by atoms with Gasteiger partial charge in [-0.25, -0.2) is 0 Å². The quantitative estimate of drug-likeness (QED) is 0.729. The number of nitrogens with one attached hydrogen (secondary N) is 1. The van der Waals surface area contributed by atoms with Gasteiger partial charge >= 0.3 is 0 Å². The van der Waals surface area contributed by atoms with Gasteiger partial charge < -0.3 is 16.0 Å². The number of anilines is 2. The van der Waals surface area contributed by atoms with Crippen LogP contribution >= 0.6 is 24.0 Å². The zero-order chi connectivity index (χ0) is 18.7. The number of benzene rings is 2. The predicted molar refractivity (Wildman–Crippen MR) is 112 cm³/mol. The lowest BCUT2D eigenvalue weighted by molar-refractivity contribution is 0.0635. The van der Waals surface area contributed by atoms with Gasteiger partial charge in [0.1, 0.15) is 0 Å². The van der Waals surface area contributed by atoms with Crippen molar-refractivity contribution in [3.8, 4) is 0 Å². The topological polar surface area (TPSA) is 75.4 Å². The number of carbonyl (C=O) groups is 2. The Labute approximate surface area is 170 Å². The maximum Gasteiger partial charge on any atom is 0.255 e. The molecule has 1 atom stereocenters. The van der Waals surface area contributed by atoms with Crippen LogP contribution in [-0.2, 0) is 0 Å². The van der Waals surface area contributed by atoms with Crippen molar-refractivity contribution in [2.24, 2.45) is 0 Å². The molecule has 3 rings (SSSR count). The van der Waals surface area contributed by atoms with Crippen molar-refractivity contribution in [1.82, 2.24) is 4.90 Å². The zero-order valence-corrected chi connectivity index (χ0v) is 16.6. The van der Waals surface area contributed by atoms with Gasteiger partial charge in [0.05, 0.1) is 10.6 Å². The van der Waals surface area contributed by atoms with E-state index in [0.29, 0.717) is 27.5 Å². The van der Waals surface area contributed by atoms with Crippen LogP contribution in [0.5, 0.6) is 0 Å². The van der Waals surface area contributed by atoms with Crippen LogP contribution in [0.3, 0.4) is 0 Å². The molecule has 3 N–H and O–H groups in total. The summed E-state index contributed by atoms with van der Waals surface area (Å²) in [5.41, 5.74) is 7.68. The Balaban J connectivity index is 0.00000261. The second-order valence-corrected chi connectivity index (χ2v) is 7.02. The summed E-state index contributed by atoms with van der Waals surface area (Å²) in [6, 6.07) is 11.9. The second-order valence-electron chi connectivity index (χ2n) is 6.62. The van der Waals surface area contributed by atoms with Crippen LogP contribution in [0.1, 0.15) is 46.9 Å². The fourth-order valence-corrected chi connectivity index (χ4v) is 3.47. The highest BCUT2D eigenvalue weighted by Gasteiger charge is 2.25. The van der Waals surface area contributed by atoms with E-state index in [-0.39, 0.29) is 30.3 Å². The molecule has 1 unspecified atom stereocenters. The first kappa shape index (κ1) is 21.1. The molecule has 1 heterocycles. The first-order valence-electron chi connectivity index (χ1n) is 8.73. The van der Waals surface area contributed by atoms with Crippen LogP contribution in [0, 0.1) is 0 Å². The molecule has 144 valence electrons. The van der Waals surface area contributed by atoms with E-state index in [4.69, 9.17) is 17.3 Å². The summed E-state index contributed by atoms with van der Waals surface area (Å²) >= 11 is 6.33. The van der Waals surface area contributed by atoms with E-state index in [1.807, 2.05) is 4.90 Å². The molecule has 0 bridgehead atoms. The van der Waals surface area contributed by atoms with Crippen molar-refractivity contribution in [3.63, 3.8) is 0 Å². The minimum Gasteiger partial charge on any atom is -0.399 e. The highest BCUT2D eigenvalue weighted by molar-refractivity contribution is 6.34. The largest absolute Gasteiger partial charge is 0.399 e. The first-order chi connectivity index (χ1) is 12.5. The van der Waals surface area contributed by atoms with Gasteiger partial charge in [-0.3, -0.25) is 9.59 Å². The third kappa shape index (κ3) is 4.93. The minimum atomic E-state index is -0.280. The number of piperidine rings is 1. The lowest BCUT2D eigenvalue weighted by Gasteiger charge is -2.33. The van der Waals surface area contributed by atoms with Gasteiger partial charge in [-0.15, -0.1) is 12.4 Å². The molecular weight excluding hydrogens is 385 g/mol. The van der Waals surface area contributed by atoms with Crippen molar-refractivity contribution in [2.45, 2.75) is 32.2 Å². The molecule has 2 aromatic carbocycles. The minimum absolute atomic E-state index is 0. The number of nitrogen functional groups attached to an aromatic ring is 1. The third-order valence-corrected chi connectivity index (χ3v) is 4.98. The summed E-state index contributed by atoms with van der Waals surface area (Å²) in [6.45, 7) is 2.81. The summed E-state index contributed by atoms with van der Waals surface area (Å²) in [7, 11) is 0. The number of hydrogen-bond acceptors (Lipinski definition) is 3. The summed E-state index contributed by atoms with van der Waals surface area (Å²) < 4.78 is 0. The molecule has 1 saturated heterocycles. The summed E-state index contributed by atoms with van der Waals surface area (Å²) in [5, 5.41) is 3.11. The molecule has 1 aliphatic heterocycles. The number of rotatable bonds is 3. The average molecular weight is 408 g/mol. The summed E-state index contributed by atoms with van der Waals surface area (Å²) in [6.07, 6.45) is 3.17. The van der Waals surface area contributed by atoms with E-state index >= 15 is 0 Å². The number of nitrogens with two attached hydrogens (primary N) is 1.